The van der Waals surface area contributed by atoms with Gasteiger partial charge in [0.25, 0.3) is 0 Å². The van der Waals surface area contributed by atoms with Crippen LogP contribution in [-0.2, 0) is 57.3 Å². The summed E-state index contributed by atoms with van der Waals surface area (Å²) >= 11 is 0. The maximum atomic E-state index is 13.3. The van der Waals surface area contributed by atoms with E-state index in [-0.39, 0.29) is 47.3 Å². The molecule has 12 fully saturated rings. The van der Waals surface area contributed by atoms with Gasteiger partial charge in [0.15, 0.2) is 10.8 Å². The molecule has 4 unspecified atom stereocenters. The van der Waals surface area contributed by atoms with Crippen LogP contribution in [0, 0.1) is 177 Å². The van der Waals surface area contributed by atoms with Gasteiger partial charge in [0, 0.05) is 47.3 Å². The summed E-state index contributed by atoms with van der Waals surface area (Å²) in [6, 6.07) is 0. The fraction of sp³-hybridized carbons (Fsp3) is 0.806. The number of ketones is 4. The molecule has 0 N–H and O–H groups in total. The van der Waals surface area contributed by atoms with Crippen LogP contribution in [0.1, 0.15) is 107 Å². The molecule has 0 spiro atoms. The van der Waals surface area contributed by atoms with E-state index in [0.717, 1.165) is 25.7 Å². The monoisotopic (exact) mass is 1020 g/mol. The van der Waals surface area contributed by atoms with E-state index >= 15 is 0 Å². The SMILES string of the molecule is COC(=O)C1(C(=O)OC)CC(C2[C@@H]3[C@@H]4C[C@H]([C@H]23)[C@H](C)C(=O)[C@@H]4C)=C(C2[C@@H]3[C@@H]4C[C@H]([C@H]23)[C@H](C)C(=O)[C@@H]4C)C1.COC(=O)C1(C(=O)OC)CC(C2[C@@H]3[C@@H]4C[C@H]([C@H]23)[C@H](C)C(=O)[C@@H]4C)=C(C2[C@@H]3[C@@H]4C[C@H]([C@H]23)[C@H](C)C(=O)[C@@H]4C)C1. The summed E-state index contributed by atoms with van der Waals surface area (Å²) in [5.74, 6) is 9.17. The van der Waals surface area contributed by atoms with Crippen molar-refractivity contribution >= 4 is 47.0 Å². The predicted molar refractivity (Wildman–Crippen MR) is 267 cm³/mol. The molecule has 12 saturated carbocycles. The van der Waals surface area contributed by atoms with Gasteiger partial charge in [-0.25, -0.2) is 0 Å². The van der Waals surface area contributed by atoms with Crippen molar-refractivity contribution in [2.45, 2.75) is 107 Å². The first-order valence-electron chi connectivity index (χ1n) is 29.1. The smallest absolute Gasteiger partial charge is 0.323 e. The first-order chi connectivity index (χ1) is 35.2. The van der Waals surface area contributed by atoms with E-state index in [1.165, 1.54) is 50.7 Å². The highest BCUT2D eigenvalue weighted by Gasteiger charge is 2.77. The molecule has 0 radical (unpaired) electrons. The molecule has 28 atom stereocenters. The van der Waals surface area contributed by atoms with Gasteiger partial charge in [0.1, 0.15) is 23.1 Å². The fourth-order valence-corrected chi connectivity index (χ4v) is 22.6. The molecule has 0 saturated heterocycles. The Labute approximate surface area is 436 Å². The molecule has 0 aromatic heterocycles. The Bertz CT molecular complexity index is 2210. The van der Waals surface area contributed by atoms with Gasteiger partial charge in [0.2, 0.25) is 0 Å². The first-order valence-corrected chi connectivity index (χ1v) is 29.1. The molecule has 8 bridgehead atoms. The minimum absolute atomic E-state index is 0.0926. The highest BCUT2D eigenvalue weighted by Crippen LogP contribution is 2.80. The Kier molecular flexibility index (Phi) is 10.9. The minimum atomic E-state index is -1.30. The largest absolute Gasteiger partial charge is 0.468 e. The van der Waals surface area contributed by atoms with Crippen LogP contribution in [0.3, 0.4) is 0 Å². The normalized spacial score (nSPS) is 52.1. The number of allylic oxidation sites excluding steroid dienone is 4. The zero-order valence-electron chi connectivity index (χ0n) is 45.7. The predicted octanol–water partition coefficient (Wildman–Crippen LogP) is 8.23. The number of rotatable bonds is 8. The second-order valence-electron chi connectivity index (χ2n) is 27.8. The van der Waals surface area contributed by atoms with Crippen LogP contribution < -0.4 is 0 Å². The van der Waals surface area contributed by atoms with Crippen LogP contribution in [0.15, 0.2) is 22.3 Å². The number of hydrogen-bond donors (Lipinski definition) is 0. The van der Waals surface area contributed by atoms with Crippen molar-refractivity contribution in [2.75, 3.05) is 28.4 Å². The summed E-state index contributed by atoms with van der Waals surface area (Å²) < 4.78 is 20.9. The molecule has 0 aromatic rings. The number of esters is 4. The van der Waals surface area contributed by atoms with Crippen molar-refractivity contribution in [2.24, 2.45) is 177 Å². The van der Waals surface area contributed by atoms with Crippen molar-refractivity contribution in [1.82, 2.24) is 0 Å². The molecule has 400 valence electrons. The van der Waals surface area contributed by atoms with Gasteiger partial charge in [0.05, 0.1) is 28.4 Å². The quantitative estimate of drug-likeness (QED) is 0.0988. The van der Waals surface area contributed by atoms with Crippen molar-refractivity contribution in [3.63, 3.8) is 0 Å². The molecule has 0 aromatic carbocycles. The summed E-state index contributed by atoms with van der Waals surface area (Å²) in [5.41, 5.74) is 2.67. The van der Waals surface area contributed by atoms with Crippen LogP contribution in [0.25, 0.3) is 0 Å². The Hall–Kier alpha value is -3.96. The number of hydrogen-bond acceptors (Lipinski definition) is 12. The van der Waals surface area contributed by atoms with E-state index in [4.69, 9.17) is 18.9 Å². The summed E-state index contributed by atoms with van der Waals surface area (Å²) in [6.07, 6.45) is 6.12. The van der Waals surface area contributed by atoms with Crippen LogP contribution in [0.5, 0.6) is 0 Å². The van der Waals surface area contributed by atoms with E-state index in [0.29, 0.717) is 167 Å². The highest BCUT2D eigenvalue weighted by atomic mass is 16.6. The number of carbonyl (C=O) groups excluding carboxylic acids is 8. The fourth-order valence-electron chi connectivity index (χ4n) is 22.6. The zero-order valence-corrected chi connectivity index (χ0v) is 45.7. The second kappa shape index (κ2) is 16.3. The second-order valence-corrected chi connectivity index (χ2v) is 27.8. The summed E-state index contributed by atoms with van der Waals surface area (Å²) in [7, 11) is 5.45. The van der Waals surface area contributed by atoms with Gasteiger partial charge in [-0.2, -0.15) is 0 Å². The molecule has 74 heavy (non-hydrogen) atoms. The average molecular weight is 1020 g/mol. The van der Waals surface area contributed by atoms with Crippen LogP contribution >= 0.6 is 0 Å². The topological polar surface area (TPSA) is 173 Å². The standard InChI is InChI=1S/2C31H40O6/c2*1-11-15-7-16(12(2)27(11)32)22-21(15)25(22)19-9-31(29(34)36-5,30(35)37-6)10-20(19)26-23-17-8-18(24(23)26)14(4)28(33)13(17)3/h2*11-18,21-26H,7-10H2,1-6H3/t2*11-,12+,13-,14+,15-,16+,17-,18+,21-,22+,23-,24+,25?,26?. The van der Waals surface area contributed by atoms with E-state index in [9.17, 15) is 38.4 Å². The van der Waals surface area contributed by atoms with Crippen LogP contribution in [-0.4, -0.2) is 75.4 Å². The molecule has 14 rings (SSSR count). The lowest BCUT2D eigenvalue weighted by Gasteiger charge is -2.35. The Balaban J connectivity index is 0.000000143. The van der Waals surface area contributed by atoms with Crippen molar-refractivity contribution in [3.05, 3.63) is 22.3 Å². The molecule has 14 aliphatic carbocycles. The van der Waals surface area contributed by atoms with Crippen molar-refractivity contribution in [1.29, 1.82) is 0 Å². The third-order valence-electron chi connectivity index (χ3n) is 26.1. The average Bonchev–Trinajstić information content (AvgIpc) is 4.35. The zero-order chi connectivity index (χ0) is 52.6. The van der Waals surface area contributed by atoms with Gasteiger partial charge in [-0.1, -0.05) is 77.7 Å². The van der Waals surface area contributed by atoms with Gasteiger partial charge in [-0.3, -0.25) is 38.4 Å². The molecular formula is C62H80O12. The molecular weight excluding hydrogens is 937 g/mol. The molecule has 0 aliphatic heterocycles. The lowest BCUT2D eigenvalue weighted by Crippen LogP contribution is -2.40. The van der Waals surface area contributed by atoms with Gasteiger partial charge in [-0.15, -0.1) is 0 Å². The van der Waals surface area contributed by atoms with Crippen molar-refractivity contribution < 1.29 is 57.3 Å². The number of ether oxygens (including phenoxy) is 4. The maximum absolute atomic E-state index is 13.3. The van der Waals surface area contributed by atoms with Gasteiger partial charge >= 0.3 is 23.9 Å². The molecule has 0 amide bonds. The maximum Gasteiger partial charge on any atom is 0.323 e. The molecule has 12 nitrogen and oxygen atoms in total. The summed E-state index contributed by atoms with van der Waals surface area (Å²) in [5, 5.41) is 0. The van der Waals surface area contributed by atoms with E-state index in [2.05, 4.69) is 55.4 Å². The number of Topliss-reactive ketones (excluding diaryl/α,β-unsaturated/α-hetero) is 4. The lowest BCUT2D eigenvalue weighted by molar-refractivity contribution is -0.170. The third kappa shape index (κ3) is 6.09. The Morgan fingerprint density at radius 3 is 0.595 bits per heavy atom. The van der Waals surface area contributed by atoms with Crippen molar-refractivity contribution in [3.8, 4) is 0 Å². The Morgan fingerprint density at radius 1 is 0.311 bits per heavy atom. The number of methoxy groups -OCH3 is 4. The van der Waals surface area contributed by atoms with E-state index in [1.54, 1.807) is 0 Å². The summed E-state index contributed by atoms with van der Waals surface area (Å²) in [6.45, 7) is 16.9. The number of fused-ring (bicyclic) bond motifs is 20. The lowest BCUT2D eigenvalue weighted by atomic mass is 9.68. The van der Waals surface area contributed by atoms with E-state index in [1.807, 2.05) is 0 Å². The summed E-state index contributed by atoms with van der Waals surface area (Å²) in [4.78, 5) is 105. The van der Waals surface area contributed by atoms with Gasteiger partial charge in [-0.05, 0) is 170 Å². The highest BCUT2D eigenvalue weighted by molar-refractivity contribution is 6.02. The minimum Gasteiger partial charge on any atom is -0.468 e. The first kappa shape index (κ1) is 49.6. The van der Waals surface area contributed by atoms with Gasteiger partial charge < -0.3 is 18.9 Å². The molecule has 0 heterocycles. The molecule has 12 heteroatoms. The van der Waals surface area contributed by atoms with Crippen LogP contribution in [0.4, 0.5) is 0 Å². The molecule has 14 aliphatic rings. The van der Waals surface area contributed by atoms with Crippen LogP contribution in [0.2, 0.25) is 0 Å². The Morgan fingerprint density at radius 2 is 0.459 bits per heavy atom. The third-order valence-corrected chi connectivity index (χ3v) is 26.1. The number of carbonyl (C=O) groups is 8. The van der Waals surface area contributed by atoms with E-state index < -0.39 is 34.7 Å².